The first-order chi connectivity index (χ1) is 8.51. The molecule has 0 unspecified atom stereocenters. The van der Waals surface area contributed by atoms with Gasteiger partial charge in [0.1, 0.15) is 0 Å². The highest BCUT2D eigenvalue weighted by Gasteiger charge is 2.20. The van der Waals surface area contributed by atoms with E-state index in [9.17, 15) is 4.79 Å². The van der Waals surface area contributed by atoms with Crippen LogP contribution in [0.1, 0.15) is 17.3 Å². The molecule has 0 aliphatic heterocycles. The first-order valence-electron chi connectivity index (χ1n) is 5.21. The molecule has 5 nitrogen and oxygen atoms in total. The van der Waals surface area contributed by atoms with Gasteiger partial charge in [-0.05, 0) is 19.1 Å². The van der Waals surface area contributed by atoms with Crippen LogP contribution < -0.4 is 5.73 Å². The van der Waals surface area contributed by atoms with E-state index in [1.807, 2.05) is 0 Å². The first-order valence-corrected chi connectivity index (χ1v) is 5.96. The molecule has 98 valence electrons. The summed E-state index contributed by atoms with van der Waals surface area (Å²) in [6.07, 6.45) is 0. The van der Waals surface area contributed by atoms with Crippen molar-refractivity contribution in [3.63, 3.8) is 0 Å². The first kappa shape index (κ1) is 14.6. The lowest BCUT2D eigenvalue weighted by atomic mass is 10.2. The summed E-state index contributed by atoms with van der Waals surface area (Å²) in [5.41, 5.74) is 5.60. The number of carbonyl (C=O) groups excluding carboxylic acids is 1. The fourth-order valence-electron chi connectivity index (χ4n) is 1.41. The van der Waals surface area contributed by atoms with Crippen molar-refractivity contribution in [2.24, 2.45) is 10.9 Å². The number of oxime groups is 1. The highest BCUT2D eigenvalue weighted by Crippen LogP contribution is 2.25. The summed E-state index contributed by atoms with van der Waals surface area (Å²) >= 11 is 11.9. The van der Waals surface area contributed by atoms with Crippen LogP contribution >= 0.6 is 23.2 Å². The second-order valence-electron chi connectivity index (χ2n) is 3.51. The molecular formula is C11H13Cl2N3O2. The zero-order valence-electron chi connectivity index (χ0n) is 9.73. The highest BCUT2D eigenvalue weighted by molar-refractivity contribution is 6.39. The average molecular weight is 290 g/mol. The normalized spacial score (nSPS) is 11.4. The summed E-state index contributed by atoms with van der Waals surface area (Å²) in [5.74, 6) is -0.423. The van der Waals surface area contributed by atoms with Crippen LogP contribution in [0.2, 0.25) is 10.0 Å². The summed E-state index contributed by atoms with van der Waals surface area (Å²) in [6.45, 7) is 2.16. The standard InChI is InChI=1S/C11H13Cl2N3O2/c1-2-16(6-9(14)15-18)11(17)10-7(12)4-3-5-8(10)13/h3-5,18H,2,6H2,1H3,(H2,14,15). The van der Waals surface area contributed by atoms with Crippen LogP contribution in [0.15, 0.2) is 23.4 Å². The van der Waals surface area contributed by atoms with Crippen molar-refractivity contribution in [2.75, 3.05) is 13.1 Å². The topological polar surface area (TPSA) is 78.9 Å². The number of nitrogens with zero attached hydrogens (tertiary/aromatic N) is 2. The van der Waals surface area contributed by atoms with Crippen molar-refractivity contribution in [2.45, 2.75) is 6.92 Å². The van der Waals surface area contributed by atoms with Crippen molar-refractivity contribution in [3.8, 4) is 0 Å². The molecule has 0 spiro atoms. The summed E-state index contributed by atoms with van der Waals surface area (Å²) in [7, 11) is 0. The number of likely N-dealkylation sites (N-methyl/N-ethyl adjacent to an activating group) is 1. The Bertz CT molecular complexity index is 457. The molecule has 1 aromatic rings. The van der Waals surface area contributed by atoms with Gasteiger partial charge in [0, 0.05) is 6.54 Å². The fraction of sp³-hybridized carbons (Fsp3) is 0.273. The van der Waals surface area contributed by atoms with E-state index in [-0.39, 0.29) is 33.9 Å². The maximum absolute atomic E-state index is 12.2. The van der Waals surface area contributed by atoms with Crippen LogP contribution in [-0.4, -0.2) is 34.9 Å². The number of benzene rings is 1. The Morgan fingerprint density at radius 2 is 2.00 bits per heavy atom. The molecule has 0 bridgehead atoms. The molecule has 1 rings (SSSR count). The van der Waals surface area contributed by atoms with Gasteiger partial charge in [-0.3, -0.25) is 4.79 Å². The third-order valence-electron chi connectivity index (χ3n) is 2.33. The Labute approximate surface area is 115 Å². The molecule has 0 saturated heterocycles. The van der Waals surface area contributed by atoms with Gasteiger partial charge in [0.2, 0.25) is 0 Å². The van der Waals surface area contributed by atoms with Crippen LogP contribution in [0, 0.1) is 0 Å². The Kier molecular flexibility index (Phi) is 5.25. The minimum atomic E-state index is -0.361. The minimum absolute atomic E-state index is 0.00733. The maximum Gasteiger partial charge on any atom is 0.257 e. The molecular weight excluding hydrogens is 277 g/mol. The molecule has 0 heterocycles. The smallest absolute Gasteiger partial charge is 0.257 e. The molecule has 18 heavy (non-hydrogen) atoms. The Morgan fingerprint density at radius 3 is 2.44 bits per heavy atom. The number of amidine groups is 1. The SMILES string of the molecule is CCN(CC(N)=NO)C(=O)c1c(Cl)cccc1Cl. The number of hydrogen-bond donors (Lipinski definition) is 2. The third kappa shape index (κ3) is 3.27. The van der Waals surface area contributed by atoms with Crippen LogP contribution in [0.3, 0.4) is 0 Å². The average Bonchev–Trinajstić information content (AvgIpc) is 2.35. The molecule has 1 amide bonds. The van der Waals surface area contributed by atoms with E-state index in [0.717, 1.165) is 0 Å². The zero-order chi connectivity index (χ0) is 13.7. The third-order valence-corrected chi connectivity index (χ3v) is 2.96. The van der Waals surface area contributed by atoms with Crippen molar-refractivity contribution in [1.29, 1.82) is 0 Å². The van der Waals surface area contributed by atoms with E-state index in [1.54, 1.807) is 25.1 Å². The molecule has 1 aromatic carbocycles. The molecule has 0 aromatic heterocycles. The molecule has 0 aliphatic rings. The van der Waals surface area contributed by atoms with E-state index in [2.05, 4.69) is 5.16 Å². The second kappa shape index (κ2) is 6.47. The minimum Gasteiger partial charge on any atom is -0.409 e. The lowest BCUT2D eigenvalue weighted by Gasteiger charge is -2.21. The maximum atomic E-state index is 12.2. The molecule has 0 radical (unpaired) electrons. The van der Waals surface area contributed by atoms with Crippen LogP contribution in [-0.2, 0) is 0 Å². The van der Waals surface area contributed by atoms with Gasteiger partial charge in [0.05, 0.1) is 22.2 Å². The van der Waals surface area contributed by atoms with Crippen molar-refractivity contribution >= 4 is 34.9 Å². The number of rotatable bonds is 4. The number of halogens is 2. The molecule has 0 fully saturated rings. The summed E-state index contributed by atoms with van der Waals surface area (Å²) in [5, 5.41) is 11.9. The van der Waals surface area contributed by atoms with Gasteiger partial charge < -0.3 is 15.8 Å². The van der Waals surface area contributed by atoms with E-state index in [4.69, 9.17) is 34.1 Å². The van der Waals surface area contributed by atoms with E-state index < -0.39 is 0 Å². The van der Waals surface area contributed by atoms with Gasteiger partial charge in [-0.2, -0.15) is 0 Å². The number of nitrogens with two attached hydrogens (primary N) is 1. The Hall–Kier alpha value is -1.46. The fourth-order valence-corrected chi connectivity index (χ4v) is 1.97. The summed E-state index contributed by atoms with van der Waals surface area (Å²) in [6, 6.07) is 4.82. The number of carbonyl (C=O) groups is 1. The van der Waals surface area contributed by atoms with Crippen molar-refractivity contribution < 1.29 is 10.0 Å². The summed E-state index contributed by atoms with van der Waals surface area (Å²) < 4.78 is 0. The second-order valence-corrected chi connectivity index (χ2v) is 4.32. The van der Waals surface area contributed by atoms with Gasteiger partial charge in [0.25, 0.3) is 5.91 Å². The number of hydrogen-bond acceptors (Lipinski definition) is 3. The zero-order valence-corrected chi connectivity index (χ0v) is 11.2. The lowest BCUT2D eigenvalue weighted by molar-refractivity contribution is 0.0786. The van der Waals surface area contributed by atoms with E-state index >= 15 is 0 Å². The van der Waals surface area contributed by atoms with E-state index in [1.165, 1.54) is 4.90 Å². The molecule has 0 aliphatic carbocycles. The highest BCUT2D eigenvalue weighted by atomic mass is 35.5. The van der Waals surface area contributed by atoms with Gasteiger partial charge in [-0.15, -0.1) is 0 Å². The van der Waals surface area contributed by atoms with Crippen LogP contribution in [0.25, 0.3) is 0 Å². The number of amides is 1. The predicted octanol–water partition coefficient (Wildman–Crippen LogP) is 2.20. The van der Waals surface area contributed by atoms with Crippen molar-refractivity contribution in [3.05, 3.63) is 33.8 Å². The van der Waals surface area contributed by atoms with Gasteiger partial charge in [-0.25, -0.2) is 0 Å². The quantitative estimate of drug-likeness (QED) is 0.386. The predicted molar refractivity (Wildman–Crippen MR) is 71.4 cm³/mol. The van der Waals surface area contributed by atoms with Crippen LogP contribution in [0.5, 0.6) is 0 Å². The summed E-state index contributed by atoms with van der Waals surface area (Å²) in [4.78, 5) is 13.6. The Morgan fingerprint density at radius 1 is 1.44 bits per heavy atom. The van der Waals surface area contributed by atoms with Gasteiger partial charge in [-0.1, -0.05) is 34.4 Å². The monoisotopic (exact) mass is 289 g/mol. The van der Waals surface area contributed by atoms with Gasteiger partial charge in [0.15, 0.2) is 5.84 Å². The molecule has 0 atom stereocenters. The largest absolute Gasteiger partial charge is 0.409 e. The van der Waals surface area contributed by atoms with Crippen LogP contribution in [0.4, 0.5) is 0 Å². The molecule has 7 heteroatoms. The van der Waals surface area contributed by atoms with E-state index in [0.29, 0.717) is 6.54 Å². The van der Waals surface area contributed by atoms with Gasteiger partial charge >= 0.3 is 0 Å². The Balaban J connectivity index is 3.04. The van der Waals surface area contributed by atoms with Crippen molar-refractivity contribution in [1.82, 2.24) is 4.90 Å². The lowest BCUT2D eigenvalue weighted by Crippen LogP contribution is -2.38. The molecule has 0 saturated carbocycles. The molecule has 3 N–H and O–H groups in total.